The summed E-state index contributed by atoms with van der Waals surface area (Å²) in [6, 6.07) is 1.92. The van der Waals surface area contributed by atoms with Crippen LogP contribution in [0.25, 0.3) is 0 Å². The predicted molar refractivity (Wildman–Crippen MR) is 61.7 cm³/mol. The van der Waals surface area contributed by atoms with Crippen LogP contribution in [-0.2, 0) is 0 Å². The van der Waals surface area contributed by atoms with E-state index in [9.17, 15) is 9.90 Å². The molecule has 0 radical (unpaired) electrons. The van der Waals surface area contributed by atoms with Gasteiger partial charge >= 0.3 is 0 Å². The van der Waals surface area contributed by atoms with Crippen LogP contribution in [0, 0.1) is 5.92 Å². The molecule has 0 aliphatic carbocycles. The highest BCUT2D eigenvalue weighted by atomic mass is 32.1. The lowest BCUT2D eigenvalue weighted by atomic mass is 9.96. The molecular formula is C11H15NO2S. The first-order valence-electron chi connectivity index (χ1n) is 5.17. The average molecular weight is 225 g/mol. The summed E-state index contributed by atoms with van der Waals surface area (Å²) >= 11 is 1.47. The highest BCUT2D eigenvalue weighted by Gasteiger charge is 2.24. The van der Waals surface area contributed by atoms with E-state index in [1.807, 2.05) is 11.4 Å². The molecule has 1 saturated heterocycles. The number of rotatable bonds is 2. The van der Waals surface area contributed by atoms with E-state index < -0.39 is 0 Å². The molecule has 1 aromatic rings. The van der Waals surface area contributed by atoms with Gasteiger partial charge in [0.25, 0.3) is 0 Å². The molecule has 1 aromatic heterocycles. The Bertz CT molecular complexity index is 350. The summed E-state index contributed by atoms with van der Waals surface area (Å²) in [5.41, 5.74) is 1.11. The first kappa shape index (κ1) is 10.6. The molecule has 82 valence electrons. The van der Waals surface area contributed by atoms with Gasteiger partial charge in [-0.1, -0.05) is 6.92 Å². The fourth-order valence-electron chi connectivity index (χ4n) is 1.94. The second-order valence-corrected chi connectivity index (χ2v) is 5.05. The summed E-state index contributed by atoms with van der Waals surface area (Å²) in [6.07, 6.45) is 1.52. The number of aliphatic hydroxyl groups excluding tert-OH is 1. The summed E-state index contributed by atoms with van der Waals surface area (Å²) in [7, 11) is 0. The van der Waals surface area contributed by atoms with Gasteiger partial charge in [0.15, 0.2) is 6.29 Å². The SMILES string of the molecule is CC1CN(c2csc(C=O)c2)CCC1O. The van der Waals surface area contributed by atoms with Crippen molar-refractivity contribution in [3.05, 3.63) is 16.3 Å². The van der Waals surface area contributed by atoms with Crippen molar-refractivity contribution >= 4 is 23.3 Å². The number of carbonyl (C=O) groups is 1. The Morgan fingerprint density at radius 3 is 3.07 bits per heavy atom. The van der Waals surface area contributed by atoms with E-state index in [1.165, 1.54) is 11.3 Å². The zero-order chi connectivity index (χ0) is 10.8. The molecular weight excluding hydrogens is 210 g/mol. The van der Waals surface area contributed by atoms with Crippen molar-refractivity contribution < 1.29 is 9.90 Å². The quantitative estimate of drug-likeness (QED) is 0.780. The minimum atomic E-state index is -0.176. The molecule has 0 spiro atoms. The van der Waals surface area contributed by atoms with Gasteiger partial charge in [-0.2, -0.15) is 0 Å². The first-order chi connectivity index (χ1) is 7.20. The molecule has 1 fully saturated rings. The van der Waals surface area contributed by atoms with Gasteiger partial charge in [0, 0.05) is 24.2 Å². The van der Waals surface area contributed by atoms with Gasteiger partial charge in [0.2, 0.25) is 0 Å². The summed E-state index contributed by atoms with van der Waals surface area (Å²) in [5.74, 6) is 0.304. The normalized spacial score (nSPS) is 26.7. The number of aldehydes is 1. The Balaban J connectivity index is 2.08. The van der Waals surface area contributed by atoms with E-state index >= 15 is 0 Å². The van der Waals surface area contributed by atoms with Crippen LogP contribution in [-0.4, -0.2) is 30.6 Å². The van der Waals surface area contributed by atoms with Crippen molar-refractivity contribution in [1.82, 2.24) is 0 Å². The van der Waals surface area contributed by atoms with Gasteiger partial charge in [0.1, 0.15) is 0 Å². The van der Waals surface area contributed by atoms with Crippen LogP contribution in [0.1, 0.15) is 23.0 Å². The number of hydrogen-bond donors (Lipinski definition) is 1. The molecule has 0 amide bonds. The standard InChI is InChI=1S/C11H15NO2S/c1-8-5-12(3-2-11(8)14)9-4-10(6-13)15-7-9/h4,6-8,11,14H,2-3,5H2,1H3. The summed E-state index contributed by atoms with van der Waals surface area (Å²) in [4.78, 5) is 13.6. The topological polar surface area (TPSA) is 40.5 Å². The fourth-order valence-corrected chi connectivity index (χ4v) is 2.66. The monoisotopic (exact) mass is 225 g/mol. The van der Waals surface area contributed by atoms with Gasteiger partial charge in [-0.25, -0.2) is 0 Å². The maximum Gasteiger partial charge on any atom is 0.160 e. The Hall–Kier alpha value is -0.870. The molecule has 2 heterocycles. The van der Waals surface area contributed by atoms with Gasteiger partial charge < -0.3 is 10.0 Å². The van der Waals surface area contributed by atoms with Crippen molar-refractivity contribution in [2.45, 2.75) is 19.4 Å². The second-order valence-electron chi connectivity index (χ2n) is 4.10. The van der Waals surface area contributed by atoms with E-state index in [0.717, 1.165) is 36.4 Å². The van der Waals surface area contributed by atoms with E-state index in [2.05, 4.69) is 11.8 Å². The van der Waals surface area contributed by atoms with E-state index in [-0.39, 0.29) is 6.10 Å². The lowest BCUT2D eigenvalue weighted by Crippen LogP contribution is -2.41. The molecule has 1 N–H and O–H groups in total. The third-order valence-corrected chi connectivity index (χ3v) is 3.79. The summed E-state index contributed by atoms with van der Waals surface area (Å²) < 4.78 is 0. The first-order valence-corrected chi connectivity index (χ1v) is 6.05. The minimum Gasteiger partial charge on any atom is -0.393 e. The number of hydrogen-bond acceptors (Lipinski definition) is 4. The van der Waals surface area contributed by atoms with Crippen LogP contribution in [0.15, 0.2) is 11.4 Å². The molecule has 15 heavy (non-hydrogen) atoms. The molecule has 1 aliphatic rings. The molecule has 3 nitrogen and oxygen atoms in total. The Labute approximate surface area is 93.3 Å². The molecule has 0 bridgehead atoms. The number of carbonyl (C=O) groups excluding carboxylic acids is 1. The highest BCUT2D eigenvalue weighted by molar-refractivity contribution is 7.12. The molecule has 0 aromatic carbocycles. The number of anilines is 1. The van der Waals surface area contributed by atoms with Crippen LogP contribution in [0.3, 0.4) is 0 Å². The Morgan fingerprint density at radius 1 is 1.67 bits per heavy atom. The molecule has 4 heteroatoms. The largest absolute Gasteiger partial charge is 0.393 e. The van der Waals surface area contributed by atoms with E-state index in [1.54, 1.807) is 0 Å². The van der Waals surface area contributed by atoms with E-state index in [0.29, 0.717) is 5.92 Å². The third kappa shape index (κ3) is 2.21. The van der Waals surface area contributed by atoms with Crippen LogP contribution in [0.4, 0.5) is 5.69 Å². The summed E-state index contributed by atoms with van der Waals surface area (Å²) in [5, 5.41) is 11.6. The minimum absolute atomic E-state index is 0.176. The van der Waals surface area contributed by atoms with E-state index in [4.69, 9.17) is 0 Å². The van der Waals surface area contributed by atoms with Crippen LogP contribution in [0.5, 0.6) is 0 Å². The van der Waals surface area contributed by atoms with Crippen molar-refractivity contribution in [2.75, 3.05) is 18.0 Å². The van der Waals surface area contributed by atoms with Crippen molar-refractivity contribution in [2.24, 2.45) is 5.92 Å². The van der Waals surface area contributed by atoms with Gasteiger partial charge in [-0.15, -0.1) is 11.3 Å². The number of aliphatic hydroxyl groups is 1. The lowest BCUT2D eigenvalue weighted by Gasteiger charge is -2.35. The Morgan fingerprint density at radius 2 is 2.47 bits per heavy atom. The zero-order valence-corrected chi connectivity index (χ0v) is 9.54. The number of piperidine rings is 1. The third-order valence-electron chi connectivity index (χ3n) is 2.95. The van der Waals surface area contributed by atoms with Gasteiger partial charge in [-0.05, 0) is 18.4 Å². The van der Waals surface area contributed by atoms with Crippen molar-refractivity contribution in [3.63, 3.8) is 0 Å². The predicted octanol–water partition coefficient (Wildman–Crippen LogP) is 1.77. The smallest absolute Gasteiger partial charge is 0.160 e. The van der Waals surface area contributed by atoms with Gasteiger partial charge in [-0.3, -0.25) is 4.79 Å². The van der Waals surface area contributed by atoms with Crippen LogP contribution >= 0.6 is 11.3 Å². The van der Waals surface area contributed by atoms with Crippen LogP contribution < -0.4 is 4.90 Å². The van der Waals surface area contributed by atoms with Crippen LogP contribution in [0.2, 0.25) is 0 Å². The highest BCUT2D eigenvalue weighted by Crippen LogP contribution is 2.27. The number of nitrogens with zero attached hydrogens (tertiary/aromatic N) is 1. The second kappa shape index (κ2) is 4.33. The maximum absolute atomic E-state index is 10.6. The molecule has 0 saturated carbocycles. The molecule has 1 aliphatic heterocycles. The zero-order valence-electron chi connectivity index (χ0n) is 8.72. The van der Waals surface area contributed by atoms with Crippen molar-refractivity contribution in [3.8, 4) is 0 Å². The maximum atomic E-state index is 10.6. The lowest BCUT2D eigenvalue weighted by molar-refractivity contribution is 0.0971. The molecule has 2 atom stereocenters. The molecule has 2 unspecified atom stereocenters. The fraction of sp³-hybridized carbons (Fsp3) is 0.545. The van der Waals surface area contributed by atoms with Crippen molar-refractivity contribution in [1.29, 1.82) is 0 Å². The Kier molecular flexibility index (Phi) is 3.07. The average Bonchev–Trinajstić information content (AvgIpc) is 2.70. The number of thiophene rings is 1. The van der Waals surface area contributed by atoms with Gasteiger partial charge in [0.05, 0.1) is 11.0 Å². The molecule has 2 rings (SSSR count). The summed E-state index contributed by atoms with van der Waals surface area (Å²) in [6.45, 7) is 3.81.